The van der Waals surface area contributed by atoms with E-state index in [4.69, 9.17) is 33.2 Å². The number of methoxy groups -OCH3 is 1. The van der Waals surface area contributed by atoms with Crippen molar-refractivity contribution in [2.75, 3.05) is 20.2 Å². The topological polar surface area (TPSA) is 82.4 Å². The molecule has 178 valence electrons. The molecule has 2 aromatic carbocycles. The number of nitrogens with zero attached hydrogens (tertiary/aromatic N) is 2. The molecule has 1 aliphatic carbocycles. The Morgan fingerprint density at radius 1 is 1.21 bits per heavy atom. The average molecular weight is 508 g/mol. The van der Waals surface area contributed by atoms with E-state index in [-0.39, 0.29) is 30.8 Å². The number of nitriles is 1. The van der Waals surface area contributed by atoms with Gasteiger partial charge in [0.1, 0.15) is 30.0 Å². The van der Waals surface area contributed by atoms with Crippen molar-refractivity contribution in [3.05, 3.63) is 63.1 Å². The summed E-state index contributed by atoms with van der Waals surface area (Å²) in [5, 5.41) is 12.6. The molecule has 10 heteroatoms. The summed E-state index contributed by atoms with van der Waals surface area (Å²) >= 11 is 12.2. The molecule has 1 saturated carbocycles. The molecule has 2 aromatic rings. The summed E-state index contributed by atoms with van der Waals surface area (Å²) in [6.07, 6.45) is 1.54. The molecule has 0 aromatic heterocycles. The Bertz CT molecular complexity index is 1150. The van der Waals surface area contributed by atoms with Gasteiger partial charge >= 0.3 is 0 Å². The van der Waals surface area contributed by atoms with Crippen LogP contribution in [0.1, 0.15) is 36.3 Å². The molecular formula is C24H21Cl2F2N3O3. The first-order chi connectivity index (χ1) is 16.2. The Morgan fingerprint density at radius 2 is 1.82 bits per heavy atom. The zero-order valence-electron chi connectivity index (χ0n) is 18.2. The summed E-state index contributed by atoms with van der Waals surface area (Å²) in [6.45, 7) is -0.362. The van der Waals surface area contributed by atoms with E-state index in [9.17, 15) is 18.4 Å². The minimum atomic E-state index is -1.21. The van der Waals surface area contributed by atoms with E-state index >= 15 is 0 Å². The molecule has 1 saturated heterocycles. The third-order valence-electron chi connectivity index (χ3n) is 6.46. The molecule has 2 aliphatic rings. The van der Waals surface area contributed by atoms with Gasteiger partial charge in [0.05, 0.1) is 13.2 Å². The van der Waals surface area contributed by atoms with Crippen LogP contribution in [-0.2, 0) is 15.0 Å². The highest BCUT2D eigenvalue weighted by Crippen LogP contribution is 2.52. The van der Waals surface area contributed by atoms with Crippen LogP contribution in [0.2, 0.25) is 10.0 Å². The summed E-state index contributed by atoms with van der Waals surface area (Å²) in [5.41, 5.74) is 0.0362. The Balaban J connectivity index is 1.59. The van der Waals surface area contributed by atoms with E-state index < -0.39 is 40.8 Å². The fraction of sp³-hybridized carbons (Fsp3) is 0.375. The Kier molecular flexibility index (Phi) is 6.70. The second kappa shape index (κ2) is 9.40. The fourth-order valence-electron chi connectivity index (χ4n) is 4.59. The lowest BCUT2D eigenvalue weighted by Gasteiger charge is -2.22. The third kappa shape index (κ3) is 4.68. The van der Waals surface area contributed by atoms with Gasteiger partial charge in [-0.15, -0.1) is 0 Å². The molecule has 1 aliphatic heterocycles. The third-order valence-corrected chi connectivity index (χ3v) is 6.90. The Labute approximate surface area is 205 Å². The highest BCUT2D eigenvalue weighted by molar-refractivity contribution is 6.34. The first kappa shape index (κ1) is 24.2. The standard InChI is InChI=1S/C24H21Cl2F2N3O3/c1-34-16-9-18(27)21(19(28)10-16)17-12-31(5-4-29)23(33)22(17)30-20(32)11-24(2-3-24)13-6-14(25)8-15(26)7-13/h6-10,17,22H,2-3,5,11-12H2,1H3,(H,30,32)/t17-,22-/m0/s1. The quantitative estimate of drug-likeness (QED) is 0.565. The lowest BCUT2D eigenvalue weighted by molar-refractivity contribution is -0.132. The number of hydrogen-bond acceptors (Lipinski definition) is 4. The van der Waals surface area contributed by atoms with Crippen molar-refractivity contribution in [2.24, 2.45) is 0 Å². The molecule has 1 heterocycles. The van der Waals surface area contributed by atoms with E-state index in [1.807, 2.05) is 6.07 Å². The normalized spacial score (nSPS) is 20.7. The number of nitrogens with one attached hydrogen (secondary N) is 1. The van der Waals surface area contributed by atoms with Crippen LogP contribution in [0.15, 0.2) is 30.3 Å². The van der Waals surface area contributed by atoms with Crippen molar-refractivity contribution in [1.82, 2.24) is 10.2 Å². The predicted octanol–water partition coefficient (Wildman–Crippen LogP) is 4.34. The van der Waals surface area contributed by atoms with Gasteiger partial charge in [-0.1, -0.05) is 23.2 Å². The van der Waals surface area contributed by atoms with Gasteiger partial charge in [-0.3, -0.25) is 9.59 Å². The van der Waals surface area contributed by atoms with E-state index in [0.717, 1.165) is 30.5 Å². The van der Waals surface area contributed by atoms with Gasteiger partial charge in [-0.05, 0) is 36.6 Å². The van der Waals surface area contributed by atoms with Gasteiger partial charge in [-0.25, -0.2) is 8.78 Å². The molecule has 4 rings (SSSR count). The van der Waals surface area contributed by atoms with Crippen molar-refractivity contribution in [3.63, 3.8) is 0 Å². The molecule has 1 N–H and O–H groups in total. The number of hydrogen-bond donors (Lipinski definition) is 1. The van der Waals surface area contributed by atoms with Gasteiger partial charge in [0.15, 0.2) is 0 Å². The van der Waals surface area contributed by atoms with Gasteiger partial charge in [-0.2, -0.15) is 5.26 Å². The molecule has 2 fully saturated rings. The molecule has 2 atom stereocenters. The SMILES string of the molecule is COc1cc(F)c([C@@H]2CN(CC#N)C(=O)[C@H]2NC(=O)CC2(c3cc(Cl)cc(Cl)c3)CC2)c(F)c1. The molecule has 6 nitrogen and oxygen atoms in total. The van der Waals surface area contributed by atoms with Crippen molar-refractivity contribution in [1.29, 1.82) is 5.26 Å². The number of carbonyl (C=O) groups is 2. The van der Waals surface area contributed by atoms with Crippen LogP contribution < -0.4 is 10.1 Å². The number of likely N-dealkylation sites (tertiary alicyclic amines) is 1. The summed E-state index contributed by atoms with van der Waals surface area (Å²) in [5.74, 6) is -3.80. The van der Waals surface area contributed by atoms with E-state index in [1.54, 1.807) is 18.2 Å². The van der Waals surface area contributed by atoms with Crippen molar-refractivity contribution >= 4 is 35.0 Å². The molecular weight excluding hydrogens is 487 g/mol. The first-order valence-corrected chi connectivity index (χ1v) is 11.4. The minimum Gasteiger partial charge on any atom is -0.497 e. The Hall–Kier alpha value is -2.89. The summed E-state index contributed by atoms with van der Waals surface area (Å²) in [7, 11) is 1.28. The molecule has 0 spiro atoms. The lowest BCUT2D eigenvalue weighted by atomic mass is 9.90. The molecule has 0 bridgehead atoms. The number of ether oxygens (including phenoxy) is 1. The lowest BCUT2D eigenvalue weighted by Crippen LogP contribution is -2.44. The number of rotatable bonds is 7. The van der Waals surface area contributed by atoms with Crippen LogP contribution in [-0.4, -0.2) is 43.0 Å². The monoisotopic (exact) mass is 507 g/mol. The van der Waals surface area contributed by atoms with E-state index in [2.05, 4.69) is 5.32 Å². The van der Waals surface area contributed by atoms with E-state index in [0.29, 0.717) is 10.0 Å². The first-order valence-electron chi connectivity index (χ1n) is 10.6. The van der Waals surface area contributed by atoms with Gasteiger partial charge < -0.3 is 15.0 Å². The average Bonchev–Trinajstić information content (AvgIpc) is 3.49. The molecule has 0 radical (unpaired) electrons. The largest absolute Gasteiger partial charge is 0.497 e. The van der Waals surface area contributed by atoms with Crippen molar-refractivity contribution in [2.45, 2.75) is 36.6 Å². The number of halogens is 4. The summed E-state index contributed by atoms with van der Waals surface area (Å²) < 4.78 is 34.5. The number of carbonyl (C=O) groups excluding carboxylic acids is 2. The maximum Gasteiger partial charge on any atom is 0.246 e. The summed E-state index contributed by atoms with van der Waals surface area (Å²) in [4.78, 5) is 27.2. The highest BCUT2D eigenvalue weighted by Gasteiger charge is 2.48. The van der Waals surface area contributed by atoms with Crippen molar-refractivity contribution < 1.29 is 23.1 Å². The minimum absolute atomic E-state index is 0.00611. The maximum atomic E-state index is 14.8. The second-order valence-electron chi connectivity index (χ2n) is 8.65. The van der Waals surface area contributed by atoms with Crippen LogP contribution in [0.5, 0.6) is 5.75 Å². The van der Waals surface area contributed by atoms with Gasteiger partial charge in [0.2, 0.25) is 11.8 Å². The fourth-order valence-corrected chi connectivity index (χ4v) is 5.12. The molecule has 34 heavy (non-hydrogen) atoms. The second-order valence-corrected chi connectivity index (χ2v) is 9.52. The highest BCUT2D eigenvalue weighted by atomic mass is 35.5. The maximum absolute atomic E-state index is 14.8. The van der Waals surface area contributed by atoms with Crippen molar-refractivity contribution in [3.8, 4) is 11.8 Å². The molecule has 2 amide bonds. The van der Waals surface area contributed by atoms with Gasteiger partial charge in [0.25, 0.3) is 0 Å². The number of amides is 2. The summed E-state index contributed by atoms with van der Waals surface area (Å²) in [6, 6.07) is 7.83. The van der Waals surface area contributed by atoms with Crippen LogP contribution in [0, 0.1) is 23.0 Å². The zero-order chi connectivity index (χ0) is 24.6. The van der Waals surface area contributed by atoms with E-state index in [1.165, 1.54) is 12.0 Å². The van der Waals surface area contributed by atoms with Crippen LogP contribution in [0.3, 0.4) is 0 Å². The van der Waals surface area contributed by atoms with Crippen LogP contribution >= 0.6 is 23.2 Å². The van der Waals surface area contributed by atoms with Crippen LogP contribution in [0.4, 0.5) is 8.78 Å². The molecule has 0 unspecified atom stereocenters. The zero-order valence-corrected chi connectivity index (χ0v) is 19.7. The van der Waals surface area contributed by atoms with Gasteiger partial charge in [0, 0.05) is 52.0 Å². The Morgan fingerprint density at radius 3 is 2.35 bits per heavy atom. The van der Waals surface area contributed by atoms with Crippen LogP contribution in [0.25, 0.3) is 0 Å². The smallest absolute Gasteiger partial charge is 0.246 e. The predicted molar refractivity (Wildman–Crippen MR) is 122 cm³/mol. The number of benzene rings is 2.